The molecule has 0 spiro atoms. The number of anilines is 1. The largest absolute Gasteiger partial charge is 0.494 e. The van der Waals surface area contributed by atoms with Crippen LogP contribution in [0.25, 0.3) is 0 Å². The van der Waals surface area contributed by atoms with Crippen molar-refractivity contribution in [3.05, 3.63) is 23.8 Å². The second kappa shape index (κ2) is 8.90. The standard InChI is InChI=1S/C16H24N2O2.ClH/c1-3-10-20-14-4-5-15(12(2)11-14)18-16(19)13-6-8-17-9-7-13;/h4-5,11,13,17H,3,6-10H2,1-2H3,(H,18,19);1H. The van der Waals surface area contributed by atoms with Gasteiger partial charge in [0.1, 0.15) is 5.75 Å². The number of nitrogens with one attached hydrogen (secondary N) is 2. The molecule has 118 valence electrons. The van der Waals surface area contributed by atoms with E-state index in [1.165, 1.54) is 0 Å². The van der Waals surface area contributed by atoms with E-state index in [1.807, 2.05) is 25.1 Å². The second-order valence-electron chi connectivity index (χ2n) is 5.34. The van der Waals surface area contributed by atoms with Crippen LogP contribution in [0.15, 0.2) is 18.2 Å². The summed E-state index contributed by atoms with van der Waals surface area (Å²) in [7, 11) is 0. The van der Waals surface area contributed by atoms with Crippen molar-refractivity contribution in [1.82, 2.24) is 5.32 Å². The molecule has 21 heavy (non-hydrogen) atoms. The first-order chi connectivity index (χ1) is 9.70. The van der Waals surface area contributed by atoms with Gasteiger partial charge in [0.15, 0.2) is 0 Å². The molecule has 1 aliphatic heterocycles. The second-order valence-corrected chi connectivity index (χ2v) is 5.34. The van der Waals surface area contributed by atoms with E-state index in [2.05, 4.69) is 17.6 Å². The third kappa shape index (κ3) is 5.21. The Morgan fingerprint density at radius 3 is 2.71 bits per heavy atom. The number of piperidine rings is 1. The number of amides is 1. The van der Waals surface area contributed by atoms with Gasteiger partial charge in [0.25, 0.3) is 0 Å². The Morgan fingerprint density at radius 2 is 2.10 bits per heavy atom. The minimum Gasteiger partial charge on any atom is -0.494 e. The molecule has 2 N–H and O–H groups in total. The summed E-state index contributed by atoms with van der Waals surface area (Å²) in [5.74, 6) is 1.13. The van der Waals surface area contributed by atoms with Gasteiger partial charge in [0.05, 0.1) is 6.61 Å². The molecule has 1 heterocycles. The molecule has 0 saturated carbocycles. The van der Waals surface area contributed by atoms with Crippen LogP contribution in [0.3, 0.4) is 0 Å². The van der Waals surface area contributed by atoms with Crippen LogP contribution >= 0.6 is 12.4 Å². The number of carbonyl (C=O) groups is 1. The van der Waals surface area contributed by atoms with Crippen LogP contribution in [0.4, 0.5) is 5.69 Å². The van der Waals surface area contributed by atoms with Gasteiger partial charge in [0, 0.05) is 11.6 Å². The fourth-order valence-electron chi connectivity index (χ4n) is 2.41. The monoisotopic (exact) mass is 312 g/mol. The maximum atomic E-state index is 12.2. The third-order valence-electron chi connectivity index (χ3n) is 3.64. The lowest BCUT2D eigenvalue weighted by atomic mass is 9.97. The van der Waals surface area contributed by atoms with Crippen LogP contribution in [-0.4, -0.2) is 25.6 Å². The van der Waals surface area contributed by atoms with E-state index in [0.717, 1.165) is 56.0 Å². The topological polar surface area (TPSA) is 50.4 Å². The van der Waals surface area contributed by atoms with Gasteiger partial charge in [-0.2, -0.15) is 0 Å². The molecule has 0 bridgehead atoms. The minimum atomic E-state index is 0. The zero-order valence-corrected chi connectivity index (χ0v) is 13.6. The van der Waals surface area contributed by atoms with Gasteiger partial charge >= 0.3 is 0 Å². The summed E-state index contributed by atoms with van der Waals surface area (Å²) in [5, 5.41) is 6.32. The normalized spacial score (nSPS) is 15.1. The van der Waals surface area contributed by atoms with Gasteiger partial charge in [-0.1, -0.05) is 6.92 Å². The number of aryl methyl sites for hydroxylation is 1. The van der Waals surface area contributed by atoms with Crippen molar-refractivity contribution < 1.29 is 9.53 Å². The van der Waals surface area contributed by atoms with E-state index in [1.54, 1.807) is 0 Å². The van der Waals surface area contributed by atoms with E-state index < -0.39 is 0 Å². The maximum Gasteiger partial charge on any atom is 0.227 e. The molecule has 0 radical (unpaired) electrons. The average Bonchev–Trinajstić information content (AvgIpc) is 2.48. The molecule has 1 saturated heterocycles. The lowest BCUT2D eigenvalue weighted by Crippen LogP contribution is -2.34. The first-order valence-corrected chi connectivity index (χ1v) is 7.45. The zero-order chi connectivity index (χ0) is 14.4. The summed E-state index contributed by atoms with van der Waals surface area (Å²) in [6.45, 7) is 6.67. The lowest BCUT2D eigenvalue weighted by Gasteiger charge is -2.22. The lowest BCUT2D eigenvalue weighted by molar-refractivity contribution is -0.120. The highest BCUT2D eigenvalue weighted by atomic mass is 35.5. The van der Waals surface area contributed by atoms with Gasteiger partial charge in [-0.25, -0.2) is 0 Å². The van der Waals surface area contributed by atoms with Crippen LogP contribution in [0.5, 0.6) is 5.75 Å². The maximum absolute atomic E-state index is 12.2. The molecule has 0 unspecified atom stereocenters. The van der Waals surface area contributed by atoms with Gasteiger partial charge in [0.2, 0.25) is 5.91 Å². The smallest absolute Gasteiger partial charge is 0.227 e. The summed E-state index contributed by atoms with van der Waals surface area (Å²) in [5.41, 5.74) is 1.93. The molecule has 1 aromatic rings. The molecular weight excluding hydrogens is 288 g/mol. The molecule has 2 rings (SSSR count). The predicted octanol–water partition coefficient (Wildman–Crippen LogP) is 3.14. The van der Waals surface area contributed by atoms with Gasteiger partial charge in [-0.15, -0.1) is 12.4 Å². The molecule has 0 aromatic heterocycles. The predicted molar refractivity (Wildman–Crippen MR) is 88.4 cm³/mol. The first-order valence-electron chi connectivity index (χ1n) is 7.45. The fraction of sp³-hybridized carbons (Fsp3) is 0.562. The van der Waals surface area contributed by atoms with Crippen molar-refractivity contribution in [3.63, 3.8) is 0 Å². The summed E-state index contributed by atoms with van der Waals surface area (Å²) < 4.78 is 5.59. The van der Waals surface area contributed by atoms with E-state index in [4.69, 9.17) is 4.74 Å². The van der Waals surface area contributed by atoms with E-state index >= 15 is 0 Å². The number of carbonyl (C=O) groups excluding carboxylic acids is 1. The number of hydrogen-bond acceptors (Lipinski definition) is 3. The van der Waals surface area contributed by atoms with Crippen molar-refractivity contribution in [3.8, 4) is 5.75 Å². The summed E-state index contributed by atoms with van der Waals surface area (Å²) in [6.07, 6.45) is 2.83. The summed E-state index contributed by atoms with van der Waals surface area (Å²) >= 11 is 0. The zero-order valence-electron chi connectivity index (χ0n) is 12.8. The van der Waals surface area contributed by atoms with Crippen molar-refractivity contribution in [1.29, 1.82) is 0 Å². The van der Waals surface area contributed by atoms with Crippen molar-refractivity contribution >= 4 is 24.0 Å². The van der Waals surface area contributed by atoms with Crippen molar-refractivity contribution in [2.75, 3.05) is 25.0 Å². The highest BCUT2D eigenvalue weighted by Gasteiger charge is 2.21. The molecule has 1 aliphatic rings. The number of benzene rings is 1. The van der Waals surface area contributed by atoms with Crippen LogP contribution in [-0.2, 0) is 4.79 Å². The van der Waals surface area contributed by atoms with Crippen LogP contribution in [0.1, 0.15) is 31.7 Å². The molecule has 1 amide bonds. The summed E-state index contributed by atoms with van der Waals surface area (Å²) in [6, 6.07) is 5.83. The Kier molecular flexibility index (Phi) is 7.54. The van der Waals surface area contributed by atoms with Crippen LogP contribution < -0.4 is 15.4 Å². The molecule has 1 aromatic carbocycles. The Morgan fingerprint density at radius 1 is 1.38 bits per heavy atom. The SMILES string of the molecule is CCCOc1ccc(NC(=O)C2CCNCC2)c(C)c1.Cl. The van der Waals surface area contributed by atoms with E-state index in [0.29, 0.717) is 0 Å². The Balaban J connectivity index is 0.00000220. The number of halogens is 1. The molecule has 0 aliphatic carbocycles. The highest BCUT2D eigenvalue weighted by molar-refractivity contribution is 5.93. The van der Waals surface area contributed by atoms with Gasteiger partial charge < -0.3 is 15.4 Å². The van der Waals surface area contributed by atoms with E-state index in [-0.39, 0.29) is 24.2 Å². The Hall–Kier alpha value is -1.26. The molecule has 4 nitrogen and oxygen atoms in total. The Bertz CT molecular complexity index is 460. The first kappa shape index (κ1) is 17.8. The highest BCUT2D eigenvalue weighted by Crippen LogP contribution is 2.23. The average molecular weight is 313 g/mol. The Labute approximate surface area is 133 Å². The van der Waals surface area contributed by atoms with Crippen LogP contribution in [0.2, 0.25) is 0 Å². The molecule has 1 fully saturated rings. The number of rotatable bonds is 5. The molecule has 5 heteroatoms. The van der Waals surface area contributed by atoms with Crippen molar-refractivity contribution in [2.45, 2.75) is 33.1 Å². The minimum absolute atomic E-state index is 0. The fourth-order valence-corrected chi connectivity index (χ4v) is 2.41. The molecular formula is C16H25ClN2O2. The number of hydrogen-bond donors (Lipinski definition) is 2. The van der Waals surface area contributed by atoms with E-state index in [9.17, 15) is 4.79 Å². The summed E-state index contributed by atoms with van der Waals surface area (Å²) in [4.78, 5) is 12.2. The number of ether oxygens (including phenoxy) is 1. The molecule has 0 atom stereocenters. The quantitative estimate of drug-likeness (QED) is 0.878. The van der Waals surface area contributed by atoms with Crippen LogP contribution in [0, 0.1) is 12.8 Å². The van der Waals surface area contributed by atoms with Gasteiger partial charge in [-0.3, -0.25) is 4.79 Å². The van der Waals surface area contributed by atoms with Gasteiger partial charge in [-0.05, 0) is 63.0 Å². The van der Waals surface area contributed by atoms with Crippen molar-refractivity contribution in [2.24, 2.45) is 5.92 Å². The third-order valence-corrected chi connectivity index (χ3v) is 3.64.